The van der Waals surface area contributed by atoms with Crippen LogP contribution in [-0.4, -0.2) is 40.5 Å². The molecule has 0 saturated carbocycles. The van der Waals surface area contributed by atoms with Crippen LogP contribution in [0, 0.1) is 0 Å². The van der Waals surface area contributed by atoms with Gasteiger partial charge in [-0.25, -0.2) is 14.3 Å². The van der Waals surface area contributed by atoms with Gasteiger partial charge in [0.2, 0.25) is 0 Å². The highest BCUT2D eigenvalue weighted by atomic mass is 16.4. The van der Waals surface area contributed by atoms with E-state index in [2.05, 4.69) is 15.7 Å². The molecule has 22 heavy (non-hydrogen) atoms. The van der Waals surface area contributed by atoms with E-state index in [0.717, 1.165) is 5.82 Å². The first-order valence-corrected chi connectivity index (χ1v) is 6.76. The lowest BCUT2D eigenvalue weighted by Gasteiger charge is -2.19. The van der Waals surface area contributed by atoms with Crippen molar-refractivity contribution in [1.82, 2.24) is 15.1 Å². The lowest BCUT2D eigenvalue weighted by atomic mass is 10.1. The van der Waals surface area contributed by atoms with Crippen LogP contribution in [0.4, 0.5) is 22.1 Å². The third kappa shape index (κ3) is 2.34. The van der Waals surface area contributed by atoms with Gasteiger partial charge in [0.25, 0.3) is 0 Å². The van der Waals surface area contributed by atoms with Gasteiger partial charge >= 0.3 is 12.0 Å². The molecule has 1 aromatic carbocycles. The highest BCUT2D eigenvalue weighted by molar-refractivity contribution is 5.96. The van der Waals surface area contributed by atoms with Gasteiger partial charge in [-0.15, -0.1) is 0 Å². The molecule has 1 aliphatic rings. The summed E-state index contributed by atoms with van der Waals surface area (Å²) in [4.78, 5) is 24.6. The first kappa shape index (κ1) is 13.9. The monoisotopic (exact) mass is 301 g/mol. The van der Waals surface area contributed by atoms with Crippen LogP contribution in [0.5, 0.6) is 0 Å². The van der Waals surface area contributed by atoms with Crippen LogP contribution < -0.4 is 15.5 Å². The molecule has 2 amide bonds. The molecular weight excluding hydrogens is 286 g/mol. The van der Waals surface area contributed by atoms with Crippen molar-refractivity contribution in [2.45, 2.75) is 6.54 Å². The maximum atomic E-state index is 11.4. The Balaban J connectivity index is 1.94. The fourth-order valence-electron chi connectivity index (χ4n) is 2.47. The fraction of sp³-hybridized carbons (Fsp3) is 0.214. The van der Waals surface area contributed by atoms with Crippen LogP contribution in [0.3, 0.4) is 0 Å². The second-order valence-electron chi connectivity index (χ2n) is 4.79. The van der Waals surface area contributed by atoms with E-state index in [0.29, 0.717) is 24.6 Å². The van der Waals surface area contributed by atoms with E-state index in [1.165, 1.54) is 7.05 Å². The number of carbonyl (C=O) groups excluding carboxylic acids is 1. The number of aromatic carboxylic acids is 1. The van der Waals surface area contributed by atoms with Crippen molar-refractivity contribution < 1.29 is 14.7 Å². The number of carbonyl (C=O) groups is 2. The lowest BCUT2D eigenvalue weighted by Crippen LogP contribution is -2.25. The van der Waals surface area contributed by atoms with E-state index in [1.54, 1.807) is 35.0 Å². The summed E-state index contributed by atoms with van der Waals surface area (Å²) in [5, 5.41) is 18.7. The second-order valence-corrected chi connectivity index (χ2v) is 4.79. The Morgan fingerprint density at radius 2 is 2.05 bits per heavy atom. The lowest BCUT2D eigenvalue weighted by molar-refractivity contribution is 0.0697. The van der Waals surface area contributed by atoms with Crippen molar-refractivity contribution >= 4 is 29.3 Å². The maximum absolute atomic E-state index is 11.4. The zero-order valence-corrected chi connectivity index (χ0v) is 11.9. The maximum Gasteiger partial charge on any atom is 0.337 e. The Bertz CT molecular complexity index is 740. The van der Waals surface area contributed by atoms with E-state index in [-0.39, 0.29) is 11.6 Å². The summed E-state index contributed by atoms with van der Waals surface area (Å²) in [5.74, 6) is 0.198. The minimum Gasteiger partial charge on any atom is -0.478 e. The molecule has 0 fully saturated rings. The number of benzene rings is 1. The van der Waals surface area contributed by atoms with E-state index < -0.39 is 5.97 Å². The number of nitrogens with zero attached hydrogens (tertiary/aromatic N) is 3. The second kappa shape index (κ2) is 5.40. The van der Waals surface area contributed by atoms with Crippen LogP contribution >= 0.6 is 0 Å². The summed E-state index contributed by atoms with van der Waals surface area (Å²) in [5.41, 5.74) is 0.845. The van der Waals surface area contributed by atoms with Gasteiger partial charge in [-0.2, -0.15) is 5.10 Å². The molecule has 0 radical (unpaired) electrons. The molecule has 114 valence electrons. The van der Waals surface area contributed by atoms with Gasteiger partial charge in [-0.3, -0.25) is 5.32 Å². The van der Waals surface area contributed by atoms with Gasteiger partial charge in [0, 0.05) is 19.7 Å². The Kier molecular flexibility index (Phi) is 3.42. The number of hydrogen-bond acceptors (Lipinski definition) is 4. The molecule has 1 aromatic heterocycles. The summed E-state index contributed by atoms with van der Waals surface area (Å²) in [6.07, 6.45) is 0. The summed E-state index contributed by atoms with van der Waals surface area (Å²) < 4.78 is 1.74. The minimum atomic E-state index is -0.975. The number of carboxylic acid groups (broad SMARTS) is 1. The molecular formula is C14H15N5O3. The number of hydrogen-bond donors (Lipinski definition) is 3. The number of fused-ring (bicyclic) bond motifs is 1. The summed E-state index contributed by atoms with van der Waals surface area (Å²) in [6, 6.07) is 8.19. The molecule has 8 nitrogen and oxygen atoms in total. The predicted octanol–water partition coefficient (Wildman–Crippen LogP) is 1.48. The average Bonchev–Trinajstić information content (AvgIpc) is 3.06. The molecule has 3 rings (SSSR count). The van der Waals surface area contributed by atoms with E-state index in [4.69, 9.17) is 0 Å². The van der Waals surface area contributed by atoms with Gasteiger partial charge < -0.3 is 15.3 Å². The normalized spacial score (nSPS) is 12.9. The van der Waals surface area contributed by atoms with Crippen molar-refractivity contribution in [1.29, 1.82) is 0 Å². The highest BCUT2D eigenvalue weighted by Gasteiger charge is 2.26. The number of urea groups is 1. The third-order valence-electron chi connectivity index (χ3n) is 3.46. The number of rotatable bonds is 3. The van der Waals surface area contributed by atoms with Crippen molar-refractivity contribution in [2.75, 3.05) is 23.8 Å². The molecule has 0 saturated heterocycles. The zero-order valence-electron chi connectivity index (χ0n) is 11.9. The van der Waals surface area contributed by atoms with Gasteiger partial charge in [-0.05, 0) is 12.1 Å². The molecule has 0 spiro atoms. The SMILES string of the molecule is CNC(=O)Nc1cc2n(n1)CCN2c1ccccc1C(=O)O. The summed E-state index contributed by atoms with van der Waals surface area (Å²) in [6.45, 7) is 1.26. The number of anilines is 3. The molecule has 2 heterocycles. The Morgan fingerprint density at radius 1 is 1.27 bits per heavy atom. The summed E-state index contributed by atoms with van der Waals surface area (Å²) in [7, 11) is 1.52. The van der Waals surface area contributed by atoms with Gasteiger partial charge in [0.1, 0.15) is 5.82 Å². The fourth-order valence-corrected chi connectivity index (χ4v) is 2.47. The number of amides is 2. The number of para-hydroxylation sites is 1. The highest BCUT2D eigenvalue weighted by Crippen LogP contribution is 2.33. The molecule has 8 heteroatoms. The smallest absolute Gasteiger partial charge is 0.337 e. The largest absolute Gasteiger partial charge is 0.478 e. The summed E-state index contributed by atoms with van der Waals surface area (Å²) >= 11 is 0. The van der Waals surface area contributed by atoms with Crippen LogP contribution in [-0.2, 0) is 6.54 Å². The van der Waals surface area contributed by atoms with E-state index >= 15 is 0 Å². The molecule has 1 aliphatic heterocycles. The molecule has 0 unspecified atom stereocenters. The average molecular weight is 301 g/mol. The standard InChI is InChI=1S/C14H15N5O3/c1-15-14(22)16-11-8-12-18(6-7-19(12)17-11)10-5-3-2-4-9(10)13(20)21/h2-5,8H,6-7H2,1H3,(H,20,21)(H2,15,16,17,22). The van der Waals surface area contributed by atoms with Gasteiger partial charge in [0.15, 0.2) is 5.82 Å². The molecule has 2 aromatic rings. The van der Waals surface area contributed by atoms with Crippen molar-refractivity contribution in [3.05, 3.63) is 35.9 Å². The zero-order chi connectivity index (χ0) is 15.7. The van der Waals surface area contributed by atoms with Gasteiger partial charge in [0.05, 0.1) is 17.8 Å². The number of nitrogens with one attached hydrogen (secondary N) is 2. The van der Waals surface area contributed by atoms with Crippen molar-refractivity contribution in [3.63, 3.8) is 0 Å². The quantitative estimate of drug-likeness (QED) is 0.797. The Morgan fingerprint density at radius 3 is 2.77 bits per heavy atom. The Hall–Kier alpha value is -3.03. The van der Waals surface area contributed by atoms with E-state index in [1.807, 2.05) is 4.90 Å². The van der Waals surface area contributed by atoms with E-state index in [9.17, 15) is 14.7 Å². The van der Waals surface area contributed by atoms with Crippen LogP contribution in [0.25, 0.3) is 0 Å². The van der Waals surface area contributed by atoms with Crippen molar-refractivity contribution in [3.8, 4) is 0 Å². The number of aromatic nitrogens is 2. The first-order valence-electron chi connectivity index (χ1n) is 6.76. The molecule has 0 bridgehead atoms. The van der Waals surface area contributed by atoms with Crippen molar-refractivity contribution in [2.24, 2.45) is 0 Å². The van der Waals surface area contributed by atoms with Gasteiger partial charge in [-0.1, -0.05) is 12.1 Å². The number of carboxylic acids is 1. The first-order chi connectivity index (χ1) is 10.6. The molecule has 0 aliphatic carbocycles. The van der Waals surface area contributed by atoms with Crippen LogP contribution in [0.1, 0.15) is 10.4 Å². The molecule has 3 N–H and O–H groups in total. The Labute approximate surface area is 126 Å². The third-order valence-corrected chi connectivity index (χ3v) is 3.46. The predicted molar refractivity (Wildman–Crippen MR) is 80.7 cm³/mol. The van der Waals surface area contributed by atoms with Crippen LogP contribution in [0.15, 0.2) is 30.3 Å². The van der Waals surface area contributed by atoms with Crippen LogP contribution in [0.2, 0.25) is 0 Å². The topological polar surface area (TPSA) is 99.5 Å². The molecule has 0 atom stereocenters. The minimum absolute atomic E-state index is 0.234.